The number of hydrogen-bond acceptors (Lipinski definition) is 2. The molecule has 0 atom stereocenters. The van der Waals surface area contributed by atoms with Crippen molar-refractivity contribution in [3.8, 4) is 23.1 Å². The molecule has 0 spiro atoms. The second kappa shape index (κ2) is 7.38. The van der Waals surface area contributed by atoms with E-state index in [2.05, 4.69) is 41.2 Å². The summed E-state index contributed by atoms with van der Waals surface area (Å²) in [6, 6.07) is 6.17. The van der Waals surface area contributed by atoms with E-state index in [0.29, 0.717) is 0 Å². The molecular weight excluding hydrogens is 234 g/mol. The molecule has 0 radical (unpaired) electrons. The van der Waals surface area contributed by atoms with E-state index in [0.717, 1.165) is 23.2 Å². The molecule has 0 amide bonds. The van der Waals surface area contributed by atoms with Gasteiger partial charge in [-0.05, 0) is 24.6 Å². The monoisotopic (exact) mass is 255 g/mol. The Labute approximate surface area is 115 Å². The maximum Gasteiger partial charge on any atom is 0.113 e. The van der Waals surface area contributed by atoms with Crippen LogP contribution in [0.1, 0.15) is 38.3 Å². The lowest BCUT2D eigenvalue weighted by atomic mass is 10.0. The van der Waals surface area contributed by atoms with Crippen LogP contribution in [0.2, 0.25) is 0 Å². The minimum atomic E-state index is 0.880. The van der Waals surface area contributed by atoms with Gasteiger partial charge in [0.25, 0.3) is 0 Å². The number of aryl methyl sites for hydroxylation is 2. The molecular formula is C16H21N3. The van der Waals surface area contributed by atoms with E-state index in [-0.39, 0.29) is 0 Å². The first-order valence-corrected chi connectivity index (χ1v) is 6.67. The highest BCUT2D eigenvalue weighted by Crippen LogP contribution is 2.21. The average Bonchev–Trinajstić information content (AvgIpc) is 2.85. The Balaban J connectivity index is 0.000000861. The van der Waals surface area contributed by atoms with Gasteiger partial charge in [-0.2, -0.15) is 0 Å². The zero-order valence-corrected chi connectivity index (χ0v) is 12.4. The zero-order chi connectivity index (χ0) is 14.3. The van der Waals surface area contributed by atoms with Crippen LogP contribution in [0.5, 0.6) is 0 Å². The minimum absolute atomic E-state index is 0.880. The van der Waals surface area contributed by atoms with Crippen LogP contribution in [0.25, 0.3) is 11.3 Å². The second-order valence-electron chi connectivity index (χ2n) is 3.96. The summed E-state index contributed by atoms with van der Waals surface area (Å²) >= 11 is 0. The first-order chi connectivity index (χ1) is 9.20. The molecule has 3 heteroatoms. The second-order valence-corrected chi connectivity index (χ2v) is 3.96. The van der Waals surface area contributed by atoms with E-state index in [1.165, 1.54) is 5.56 Å². The number of nitrogens with zero attached hydrogens (tertiary/aromatic N) is 3. The standard InChI is InChI=1S/C14H15N3.C2H6/c1-4-5-6-12-7-8-13(11(2)9-12)14-10-17(3)16-15-14;1-2/h7-10H,4H2,1-3H3;1-2H3. The highest BCUT2D eigenvalue weighted by Gasteiger charge is 2.05. The molecule has 1 aromatic heterocycles. The number of rotatable bonds is 1. The first-order valence-electron chi connectivity index (χ1n) is 6.67. The third kappa shape index (κ3) is 3.96. The zero-order valence-electron chi connectivity index (χ0n) is 12.4. The van der Waals surface area contributed by atoms with Crippen molar-refractivity contribution in [2.45, 2.75) is 34.1 Å². The van der Waals surface area contributed by atoms with E-state index in [4.69, 9.17) is 0 Å². The Morgan fingerprint density at radius 1 is 1.26 bits per heavy atom. The Hall–Kier alpha value is -2.08. The largest absolute Gasteiger partial charge is 0.255 e. The van der Waals surface area contributed by atoms with E-state index >= 15 is 0 Å². The van der Waals surface area contributed by atoms with Crippen molar-refractivity contribution in [3.05, 3.63) is 35.5 Å². The van der Waals surface area contributed by atoms with Gasteiger partial charge in [0.2, 0.25) is 0 Å². The van der Waals surface area contributed by atoms with Crippen molar-refractivity contribution >= 4 is 0 Å². The molecule has 3 nitrogen and oxygen atoms in total. The number of hydrogen-bond donors (Lipinski definition) is 0. The summed E-state index contributed by atoms with van der Waals surface area (Å²) in [5.74, 6) is 6.20. The lowest BCUT2D eigenvalue weighted by Crippen LogP contribution is -1.85. The third-order valence-corrected chi connectivity index (χ3v) is 2.51. The van der Waals surface area contributed by atoms with Crippen molar-refractivity contribution in [2.24, 2.45) is 7.05 Å². The molecule has 0 bridgehead atoms. The van der Waals surface area contributed by atoms with Crippen LogP contribution in [0.3, 0.4) is 0 Å². The topological polar surface area (TPSA) is 30.7 Å². The normalized spacial score (nSPS) is 9.11. The predicted molar refractivity (Wildman–Crippen MR) is 79.7 cm³/mol. The number of benzene rings is 1. The van der Waals surface area contributed by atoms with Crippen molar-refractivity contribution in [1.82, 2.24) is 15.0 Å². The Kier molecular flexibility index (Phi) is 5.81. The van der Waals surface area contributed by atoms with Crippen LogP contribution in [-0.2, 0) is 7.05 Å². The fraction of sp³-hybridized carbons (Fsp3) is 0.375. The molecule has 0 aliphatic carbocycles. The molecule has 0 unspecified atom stereocenters. The molecule has 0 aliphatic heterocycles. The van der Waals surface area contributed by atoms with E-state index in [1.54, 1.807) is 4.68 Å². The molecule has 2 aromatic rings. The fourth-order valence-electron chi connectivity index (χ4n) is 1.69. The van der Waals surface area contributed by atoms with Crippen LogP contribution < -0.4 is 0 Å². The summed E-state index contributed by atoms with van der Waals surface area (Å²) in [6.07, 6.45) is 2.80. The summed E-state index contributed by atoms with van der Waals surface area (Å²) in [4.78, 5) is 0. The van der Waals surface area contributed by atoms with Gasteiger partial charge in [0.1, 0.15) is 5.69 Å². The SMILES string of the molecule is CC.CCC#Cc1ccc(-c2cn(C)nn2)c(C)c1. The summed E-state index contributed by atoms with van der Waals surface area (Å²) in [5.41, 5.74) is 4.24. The van der Waals surface area contributed by atoms with Gasteiger partial charge >= 0.3 is 0 Å². The van der Waals surface area contributed by atoms with Crippen molar-refractivity contribution in [1.29, 1.82) is 0 Å². The van der Waals surface area contributed by atoms with Crippen LogP contribution in [0.4, 0.5) is 0 Å². The van der Waals surface area contributed by atoms with E-state index in [9.17, 15) is 0 Å². The summed E-state index contributed by atoms with van der Waals surface area (Å²) in [7, 11) is 1.87. The Morgan fingerprint density at radius 3 is 2.53 bits per heavy atom. The molecule has 0 N–H and O–H groups in total. The van der Waals surface area contributed by atoms with Gasteiger partial charge in [0, 0.05) is 24.6 Å². The van der Waals surface area contributed by atoms with Crippen molar-refractivity contribution in [3.63, 3.8) is 0 Å². The van der Waals surface area contributed by atoms with Crippen LogP contribution in [0.15, 0.2) is 24.4 Å². The molecule has 0 aliphatic rings. The van der Waals surface area contributed by atoms with Gasteiger partial charge < -0.3 is 0 Å². The van der Waals surface area contributed by atoms with Gasteiger partial charge in [-0.25, -0.2) is 0 Å². The lowest BCUT2D eigenvalue weighted by molar-refractivity contribution is 0.715. The smallest absolute Gasteiger partial charge is 0.113 e. The maximum absolute atomic E-state index is 4.12. The predicted octanol–water partition coefficient (Wildman–Crippen LogP) is 3.58. The third-order valence-electron chi connectivity index (χ3n) is 2.51. The highest BCUT2D eigenvalue weighted by atomic mass is 15.4. The van der Waals surface area contributed by atoms with Gasteiger partial charge in [0.05, 0.1) is 6.20 Å². The Bertz CT molecular complexity index is 586. The lowest BCUT2D eigenvalue weighted by Gasteiger charge is -2.02. The quantitative estimate of drug-likeness (QED) is 0.729. The Morgan fingerprint density at radius 2 is 2.00 bits per heavy atom. The minimum Gasteiger partial charge on any atom is -0.255 e. The maximum atomic E-state index is 4.12. The summed E-state index contributed by atoms with van der Waals surface area (Å²) < 4.78 is 1.71. The fourth-order valence-corrected chi connectivity index (χ4v) is 1.69. The van der Waals surface area contributed by atoms with E-state index < -0.39 is 0 Å². The molecule has 1 heterocycles. The van der Waals surface area contributed by atoms with Gasteiger partial charge in [-0.3, -0.25) is 4.68 Å². The molecule has 0 saturated heterocycles. The van der Waals surface area contributed by atoms with Crippen LogP contribution in [-0.4, -0.2) is 15.0 Å². The van der Waals surface area contributed by atoms with Crippen molar-refractivity contribution in [2.75, 3.05) is 0 Å². The highest BCUT2D eigenvalue weighted by molar-refractivity contribution is 5.63. The molecule has 0 fully saturated rings. The van der Waals surface area contributed by atoms with Crippen molar-refractivity contribution < 1.29 is 0 Å². The summed E-state index contributed by atoms with van der Waals surface area (Å²) in [6.45, 7) is 8.12. The van der Waals surface area contributed by atoms with Gasteiger partial charge in [-0.15, -0.1) is 5.10 Å². The van der Waals surface area contributed by atoms with Gasteiger partial charge in [-0.1, -0.05) is 43.9 Å². The molecule has 100 valence electrons. The van der Waals surface area contributed by atoms with Crippen LogP contribution in [0, 0.1) is 18.8 Å². The number of aromatic nitrogens is 3. The first kappa shape index (κ1) is 15.0. The van der Waals surface area contributed by atoms with Crippen LogP contribution >= 0.6 is 0 Å². The summed E-state index contributed by atoms with van der Waals surface area (Å²) in [5, 5.41) is 8.06. The molecule has 1 aromatic carbocycles. The van der Waals surface area contributed by atoms with E-state index in [1.807, 2.05) is 40.1 Å². The van der Waals surface area contributed by atoms with Gasteiger partial charge in [0.15, 0.2) is 0 Å². The molecule has 19 heavy (non-hydrogen) atoms. The molecule has 0 saturated carbocycles. The molecule has 2 rings (SSSR count). The average molecular weight is 255 g/mol.